The third kappa shape index (κ3) is 4.98. The number of pyridine rings is 1. The second kappa shape index (κ2) is 9.86. The van der Waals surface area contributed by atoms with E-state index in [2.05, 4.69) is 67.4 Å². The quantitative estimate of drug-likeness (QED) is 0.281. The summed E-state index contributed by atoms with van der Waals surface area (Å²) in [6.07, 6.45) is 1.75. The molecular formula is C27H21BrN6. The molecule has 0 saturated carbocycles. The predicted molar refractivity (Wildman–Crippen MR) is 136 cm³/mol. The number of nitrogens with zero attached hydrogens (tertiary/aromatic N) is 6. The first kappa shape index (κ1) is 21.8. The zero-order valence-corrected chi connectivity index (χ0v) is 19.9. The average molecular weight is 509 g/mol. The number of para-hydroxylation sites is 1. The Balaban J connectivity index is 1.42. The smallest absolute Gasteiger partial charge is 0.152 e. The van der Waals surface area contributed by atoms with Gasteiger partial charge in [-0.1, -0.05) is 52.3 Å². The lowest BCUT2D eigenvalue weighted by Gasteiger charge is -2.24. The number of halogens is 1. The lowest BCUT2D eigenvalue weighted by molar-refractivity contribution is 0.676. The van der Waals surface area contributed by atoms with Gasteiger partial charge in [-0.25, -0.2) is 0 Å². The van der Waals surface area contributed by atoms with E-state index in [0.29, 0.717) is 25.2 Å². The molecule has 5 aromatic rings. The molecule has 3 aromatic carbocycles. The van der Waals surface area contributed by atoms with Crippen LogP contribution in [-0.4, -0.2) is 19.7 Å². The largest absolute Gasteiger partial charge is 0.358 e. The summed E-state index contributed by atoms with van der Waals surface area (Å²) in [4.78, 5) is 7.13. The minimum atomic E-state index is 0.576. The van der Waals surface area contributed by atoms with Gasteiger partial charge in [0, 0.05) is 15.5 Å². The number of benzene rings is 3. The van der Waals surface area contributed by atoms with Gasteiger partial charge in [0.25, 0.3) is 0 Å². The molecule has 0 aliphatic rings. The molecule has 2 aromatic heterocycles. The second-order valence-electron chi connectivity index (χ2n) is 8.01. The molecule has 0 atom stereocenters. The minimum Gasteiger partial charge on any atom is -0.358 e. The van der Waals surface area contributed by atoms with E-state index in [-0.39, 0.29) is 0 Å². The summed E-state index contributed by atoms with van der Waals surface area (Å²) in [7, 11) is 0. The van der Waals surface area contributed by atoms with E-state index in [1.54, 1.807) is 6.33 Å². The molecule has 5 rings (SSSR count). The van der Waals surface area contributed by atoms with Crippen molar-refractivity contribution < 1.29 is 0 Å². The summed E-state index contributed by atoms with van der Waals surface area (Å²) in [5.41, 5.74) is 4.79. The Hall–Kier alpha value is -4.02. The molecule has 0 radical (unpaired) electrons. The molecule has 0 bridgehead atoms. The van der Waals surface area contributed by atoms with Gasteiger partial charge in [-0.2, -0.15) is 5.26 Å². The number of aromatic nitrogens is 4. The molecule has 0 aliphatic carbocycles. The molecule has 0 N–H and O–H groups in total. The lowest BCUT2D eigenvalue weighted by Crippen LogP contribution is -2.25. The van der Waals surface area contributed by atoms with E-state index in [4.69, 9.17) is 10.2 Å². The van der Waals surface area contributed by atoms with Crippen LogP contribution in [0.1, 0.15) is 22.6 Å². The number of fused-ring (bicyclic) bond motifs is 1. The molecule has 0 amide bonds. The van der Waals surface area contributed by atoms with Gasteiger partial charge in [-0.3, -0.25) is 4.98 Å². The van der Waals surface area contributed by atoms with E-state index in [1.165, 1.54) is 0 Å². The summed E-state index contributed by atoms with van der Waals surface area (Å²) >= 11 is 3.53. The topological polar surface area (TPSA) is 70.6 Å². The molecule has 0 spiro atoms. The van der Waals surface area contributed by atoms with Crippen molar-refractivity contribution in [1.29, 1.82) is 5.26 Å². The SMILES string of the molecule is N#Cc1ccc(Cn2cnnc2CN(Cc2ccc3ccccc3n2)c2ccc(Br)cc2)cc1. The summed E-state index contributed by atoms with van der Waals surface area (Å²) in [5, 5.41) is 18.8. The molecule has 166 valence electrons. The number of anilines is 1. The zero-order chi connectivity index (χ0) is 23.3. The molecule has 0 unspecified atom stereocenters. The molecule has 34 heavy (non-hydrogen) atoms. The van der Waals surface area contributed by atoms with E-state index < -0.39 is 0 Å². The highest BCUT2D eigenvalue weighted by Crippen LogP contribution is 2.23. The van der Waals surface area contributed by atoms with Gasteiger partial charge in [-0.15, -0.1) is 10.2 Å². The van der Waals surface area contributed by atoms with Crippen molar-refractivity contribution >= 4 is 32.5 Å². The lowest BCUT2D eigenvalue weighted by atomic mass is 10.1. The molecule has 2 heterocycles. The van der Waals surface area contributed by atoms with Crippen LogP contribution >= 0.6 is 15.9 Å². The van der Waals surface area contributed by atoms with Crippen LogP contribution in [-0.2, 0) is 19.6 Å². The fraction of sp³-hybridized carbons (Fsp3) is 0.111. The summed E-state index contributed by atoms with van der Waals surface area (Å²) in [6.45, 7) is 1.85. The van der Waals surface area contributed by atoms with E-state index in [9.17, 15) is 0 Å². The Morgan fingerprint density at radius 3 is 2.47 bits per heavy atom. The maximum Gasteiger partial charge on any atom is 0.152 e. The van der Waals surface area contributed by atoms with Crippen LogP contribution in [0.2, 0.25) is 0 Å². The Morgan fingerprint density at radius 2 is 1.68 bits per heavy atom. The Bertz CT molecular complexity index is 1450. The standard InChI is InChI=1S/C27H21BrN6/c28-23-10-13-25(14-11-23)33(17-24-12-9-22-3-1-2-4-26(22)31-24)18-27-32-30-19-34(27)16-21-7-5-20(15-29)6-8-21/h1-14,19H,16-18H2. The second-order valence-corrected chi connectivity index (χ2v) is 8.93. The van der Waals surface area contributed by atoms with Gasteiger partial charge >= 0.3 is 0 Å². The summed E-state index contributed by atoms with van der Waals surface area (Å²) < 4.78 is 3.07. The number of rotatable bonds is 7. The number of nitriles is 1. The minimum absolute atomic E-state index is 0.576. The van der Waals surface area contributed by atoms with Gasteiger partial charge in [0.05, 0.1) is 42.5 Å². The van der Waals surface area contributed by atoms with E-state index in [1.807, 2.05) is 59.2 Å². The van der Waals surface area contributed by atoms with Crippen molar-refractivity contribution in [1.82, 2.24) is 19.7 Å². The number of hydrogen-bond acceptors (Lipinski definition) is 5. The Kier molecular flexibility index (Phi) is 6.32. The normalized spacial score (nSPS) is 10.8. The van der Waals surface area contributed by atoms with E-state index >= 15 is 0 Å². The Morgan fingerprint density at radius 1 is 0.882 bits per heavy atom. The van der Waals surface area contributed by atoms with Crippen LogP contribution < -0.4 is 4.90 Å². The van der Waals surface area contributed by atoms with Crippen molar-refractivity contribution in [3.63, 3.8) is 0 Å². The third-order valence-electron chi connectivity index (χ3n) is 5.66. The molecular weight excluding hydrogens is 488 g/mol. The van der Waals surface area contributed by atoms with E-state index in [0.717, 1.165) is 38.1 Å². The van der Waals surface area contributed by atoms with Crippen LogP contribution in [0.3, 0.4) is 0 Å². The summed E-state index contributed by atoms with van der Waals surface area (Å²) in [5.74, 6) is 0.855. The number of hydrogen-bond donors (Lipinski definition) is 0. The van der Waals surface area contributed by atoms with Crippen molar-refractivity contribution in [2.75, 3.05) is 4.90 Å². The molecule has 7 heteroatoms. The predicted octanol–water partition coefficient (Wildman–Crippen LogP) is 5.72. The van der Waals surface area contributed by atoms with Crippen molar-refractivity contribution in [3.05, 3.63) is 118 Å². The van der Waals surface area contributed by atoms with Gasteiger partial charge in [0.2, 0.25) is 0 Å². The third-order valence-corrected chi connectivity index (χ3v) is 6.19. The molecule has 0 fully saturated rings. The fourth-order valence-electron chi connectivity index (χ4n) is 3.87. The first-order chi connectivity index (χ1) is 16.7. The van der Waals surface area contributed by atoms with Crippen LogP contribution in [0.5, 0.6) is 0 Å². The molecule has 0 saturated heterocycles. The monoisotopic (exact) mass is 508 g/mol. The summed E-state index contributed by atoms with van der Waals surface area (Å²) in [6, 6.07) is 30.4. The highest BCUT2D eigenvalue weighted by atomic mass is 79.9. The molecule has 0 aliphatic heterocycles. The first-order valence-electron chi connectivity index (χ1n) is 10.9. The highest BCUT2D eigenvalue weighted by molar-refractivity contribution is 9.10. The van der Waals surface area contributed by atoms with Crippen LogP contribution in [0.25, 0.3) is 10.9 Å². The first-order valence-corrected chi connectivity index (χ1v) is 11.7. The van der Waals surface area contributed by atoms with Crippen LogP contribution in [0, 0.1) is 11.3 Å². The maximum atomic E-state index is 9.04. The van der Waals surface area contributed by atoms with Crippen LogP contribution in [0.4, 0.5) is 5.69 Å². The van der Waals surface area contributed by atoms with Crippen LogP contribution in [0.15, 0.2) is 95.7 Å². The maximum absolute atomic E-state index is 9.04. The fourth-order valence-corrected chi connectivity index (χ4v) is 4.13. The van der Waals surface area contributed by atoms with Crippen molar-refractivity contribution in [3.8, 4) is 6.07 Å². The zero-order valence-electron chi connectivity index (χ0n) is 18.3. The van der Waals surface area contributed by atoms with Gasteiger partial charge in [0.1, 0.15) is 6.33 Å². The van der Waals surface area contributed by atoms with Crippen molar-refractivity contribution in [2.24, 2.45) is 0 Å². The average Bonchev–Trinajstić information content (AvgIpc) is 3.31. The van der Waals surface area contributed by atoms with Crippen molar-refractivity contribution in [2.45, 2.75) is 19.6 Å². The van der Waals surface area contributed by atoms with Gasteiger partial charge in [-0.05, 0) is 54.1 Å². The van der Waals surface area contributed by atoms with Gasteiger partial charge in [0.15, 0.2) is 5.82 Å². The highest BCUT2D eigenvalue weighted by Gasteiger charge is 2.14. The van der Waals surface area contributed by atoms with Gasteiger partial charge < -0.3 is 9.47 Å². The molecule has 6 nitrogen and oxygen atoms in total. The Labute approximate surface area is 206 Å².